The Hall–Kier alpha value is -1.11. The van der Waals surface area contributed by atoms with Crippen LogP contribution in [0, 0.1) is 6.92 Å². The highest BCUT2D eigenvalue weighted by Crippen LogP contribution is 2.36. The van der Waals surface area contributed by atoms with Gasteiger partial charge in [0.05, 0.1) is 0 Å². The molecule has 0 amide bonds. The van der Waals surface area contributed by atoms with Crippen LogP contribution in [-0.2, 0) is 0 Å². The SMILES string of the molecule is Cc1c(C2CCC2)ccccc1=O. The van der Waals surface area contributed by atoms with Crippen molar-refractivity contribution in [3.05, 3.63) is 45.6 Å². The van der Waals surface area contributed by atoms with E-state index in [1.807, 2.05) is 19.1 Å². The summed E-state index contributed by atoms with van der Waals surface area (Å²) >= 11 is 0. The van der Waals surface area contributed by atoms with E-state index in [0.29, 0.717) is 5.92 Å². The highest BCUT2D eigenvalue weighted by atomic mass is 16.1. The predicted octanol–water partition coefficient (Wildman–Crippen LogP) is 2.62. The van der Waals surface area contributed by atoms with Crippen molar-refractivity contribution in [3.8, 4) is 0 Å². The van der Waals surface area contributed by atoms with Gasteiger partial charge in [-0.05, 0) is 42.9 Å². The average molecular weight is 174 g/mol. The molecule has 0 N–H and O–H groups in total. The minimum atomic E-state index is 0.173. The standard InChI is InChI=1S/C12H14O/c1-9-11(10-5-4-6-10)7-2-3-8-12(9)13/h2-3,7-8,10H,4-6H2,1H3. The fourth-order valence-electron chi connectivity index (χ4n) is 1.86. The first-order valence-electron chi connectivity index (χ1n) is 4.89. The van der Waals surface area contributed by atoms with Gasteiger partial charge >= 0.3 is 0 Å². The summed E-state index contributed by atoms with van der Waals surface area (Å²) in [5.74, 6) is 0.653. The van der Waals surface area contributed by atoms with Crippen molar-refractivity contribution < 1.29 is 0 Å². The summed E-state index contributed by atoms with van der Waals surface area (Å²) < 4.78 is 0. The maximum absolute atomic E-state index is 11.5. The second kappa shape index (κ2) is 3.33. The molecule has 0 heterocycles. The summed E-state index contributed by atoms with van der Waals surface area (Å²) in [5, 5.41) is 0. The van der Waals surface area contributed by atoms with Crippen LogP contribution in [0.3, 0.4) is 0 Å². The molecule has 2 rings (SSSR count). The first-order chi connectivity index (χ1) is 6.29. The van der Waals surface area contributed by atoms with Crippen LogP contribution in [0.1, 0.15) is 36.3 Å². The molecular formula is C12H14O. The predicted molar refractivity (Wildman–Crippen MR) is 54.0 cm³/mol. The Labute approximate surface area is 78.4 Å². The van der Waals surface area contributed by atoms with Crippen molar-refractivity contribution in [2.24, 2.45) is 0 Å². The Balaban J connectivity index is 2.51. The van der Waals surface area contributed by atoms with E-state index in [9.17, 15) is 4.79 Å². The fraction of sp³-hybridized carbons (Fsp3) is 0.417. The molecule has 13 heavy (non-hydrogen) atoms. The molecule has 1 aliphatic carbocycles. The molecule has 0 radical (unpaired) electrons. The third-order valence-electron chi connectivity index (χ3n) is 2.98. The van der Waals surface area contributed by atoms with Gasteiger partial charge in [0.15, 0.2) is 5.43 Å². The lowest BCUT2D eigenvalue weighted by Crippen LogP contribution is -2.13. The van der Waals surface area contributed by atoms with E-state index in [0.717, 1.165) is 5.56 Å². The molecule has 1 saturated carbocycles. The molecule has 0 unspecified atom stereocenters. The Morgan fingerprint density at radius 2 is 1.92 bits per heavy atom. The van der Waals surface area contributed by atoms with Gasteiger partial charge in [-0.1, -0.05) is 24.6 Å². The van der Waals surface area contributed by atoms with Gasteiger partial charge in [0.1, 0.15) is 0 Å². The quantitative estimate of drug-likeness (QED) is 0.639. The van der Waals surface area contributed by atoms with Crippen molar-refractivity contribution in [2.45, 2.75) is 32.1 Å². The zero-order valence-corrected chi connectivity index (χ0v) is 7.92. The molecule has 0 bridgehead atoms. The Bertz CT molecular complexity index is 364. The van der Waals surface area contributed by atoms with Gasteiger partial charge in [0.25, 0.3) is 0 Å². The fourth-order valence-corrected chi connectivity index (χ4v) is 1.86. The zero-order valence-electron chi connectivity index (χ0n) is 7.92. The van der Waals surface area contributed by atoms with E-state index < -0.39 is 0 Å². The van der Waals surface area contributed by atoms with Crippen LogP contribution >= 0.6 is 0 Å². The van der Waals surface area contributed by atoms with Crippen LogP contribution in [0.15, 0.2) is 29.1 Å². The smallest absolute Gasteiger partial charge is 0.181 e. The summed E-state index contributed by atoms with van der Waals surface area (Å²) in [7, 11) is 0. The summed E-state index contributed by atoms with van der Waals surface area (Å²) in [4.78, 5) is 11.5. The number of rotatable bonds is 1. The van der Waals surface area contributed by atoms with Crippen LogP contribution < -0.4 is 5.43 Å². The van der Waals surface area contributed by atoms with Gasteiger partial charge < -0.3 is 0 Å². The molecule has 68 valence electrons. The van der Waals surface area contributed by atoms with Crippen molar-refractivity contribution in [1.82, 2.24) is 0 Å². The minimum absolute atomic E-state index is 0.173. The van der Waals surface area contributed by atoms with E-state index in [1.54, 1.807) is 6.07 Å². The Morgan fingerprint density at radius 1 is 1.23 bits per heavy atom. The first kappa shape index (κ1) is 8.49. The summed E-state index contributed by atoms with van der Waals surface area (Å²) in [6.07, 6.45) is 3.82. The van der Waals surface area contributed by atoms with E-state index >= 15 is 0 Å². The van der Waals surface area contributed by atoms with Crippen LogP contribution in [0.25, 0.3) is 0 Å². The minimum Gasteiger partial charge on any atom is -0.290 e. The largest absolute Gasteiger partial charge is 0.290 e. The highest BCUT2D eigenvalue weighted by Gasteiger charge is 2.20. The van der Waals surface area contributed by atoms with Crippen molar-refractivity contribution in [3.63, 3.8) is 0 Å². The molecule has 1 heteroatoms. The third kappa shape index (κ3) is 1.51. The summed E-state index contributed by atoms with van der Waals surface area (Å²) in [6, 6.07) is 7.55. The second-order valence-electron chi connectivity index (χ2n) is 3.79. The van der Waals surface area contributed by atoms with Gasteiger partial charge in [-0.15, -0.1) is 0 Å². The molecule has 1 fully saturated rings. The average Bonchev–Trinajstić information content (AvgIpc) is 2.17. The molecular weight excluding hydrogens is 160 g/mol. The second-order valence-corrected chi connectivity index (χ2v) is 3.79. The lowest BCUT2D eigenvalue weighted by Gasteiger charge is -2.26. The van der Waals surface area contributed by atoms with E-state index in [2.05, 4.69) is 6.07 Å². The monoisotopic (exact) mass is 174 g/mol. The van der Waals surface area contributed by atoms with Crippen molar-refractivity contribution >= 4 is 0 Å². The molecule has 1 nitrogen and oxygen atoms in total. The molecule has 0 aliphatic heterocycles. The zero-order chi connectivity index (χ0) is 9.26. The Kier molecular flexibility index (Phi) is 2.17. The first-order valence-corrected chi connectivity index (χ1v) is 4.89. The highest BCUT2D eigenvalue weighted by molar-refractivity contribution is 5.29. The molecule has 1 aliphatic rings. The van der Waals surface area contributed by atoms with Gasteiger partial charge in [0.2, 0.25) is 0 Å². The number of hydrogen-bond acceptors (Lipinski definition) is 1. The van der Waals surface area contributed by atoms with E-state index in [4.69, 9.17) is 0 Å². The number of hydrogen-bond donors (Lipinski definition) is 0. The van der Waals surface area contributed by atoms with Crippen LogP contribution in [0.4, 0.5) is 0 Å². The van der Waals surface area contributed by atoms with Crippen molar-refractivity contribution in [2.75, 3.05) is 0 Å². The molecule has 1 aromatic rings. The van der Waals surface area contributed by atoms with E-state index in [1.165, 1.54) is 24.8 Å². The molecule has 0 aromatic heterocycles. The van der Waals surface area contributed by atoms with Gasteiger partial charge in [-0.3, -0.25) is 4.79 Å². The van der Waals surface area contributed by atoms with Crippen molar-refractivity contribution in [1.29, 1.82) is 0 Å². The Morgan fingerprint density at radius 3 is 2.54 bits per heavy atom. The van der Waals surface area contributed by atoms with Crippen LogP contribution in [0.5, 0.6) is 0 Å². The van der Waals surface area contributed by atoms with Gasteiger partial charge in [0, 0.05) is 0 Å². The molecule has 0 saturated heterocycles. The van der Waals surface area contributed by atoms with E-state index in [-0.39, 0.29) is 5.43 Å². The third-order valence-corrected chi connectivity index (χ3v) is 2.98. The summed E-state index contributed by atoms with van der Waals surface area (Å²) in [6.45, 7) is 1.94. The molecule has 0 spiro atoms. The topological polar surface area (TPSA) is 17.1 Å². The lowest BCUT2D eigenvalue weighted by molar-refractivity contribution is 0.418. The maximum Gasteiger partial charge on any atom is 0.181 e. The maximum atomic E-state index is 11.5. The normalized spacial score (nSPS) is 16.7. The van der Waals surface area contributed by atoms with Gasteiger partial charge in [-0.2, -0.15) is 0 Å². The van der Waals surface area contributed by atoms with Gasteiger partial charge in [-0.25, -0.2) is 0 Å². The van der Waals surface area contributed by atoms with Crippen LogP contribution in [-0.4, -0.2) is 0 Å². The lowest BCUT2D eigenvalue weighted by atomic mass is 9.79. The summed E-state index contributed by atoms with van der Waals surface area (Å²) in [5.41, 5.74) is 2.38. The van der Waals surface area contributed by atoms with Crippen LogP contribution in [0.2, 0.25) is 0 Å². The molecule has 0 atom stereocenters. The molecule has 1 aromatic carbocycles.